The Kier molecular flexibility index (Phi) is 3.91. The molecular weight excluding hydrogens is 260 g/mol. The molecule has 8 heteroatoms. The number of non-ortho nitro benzene ring substituents is 1. The molecule has 0 aromatic heterocycles. The van der Waals surface area contributed by atoms with Crippen LogP contribution in [-0.4, -0.2) is 43.1 Å². The molecule has 1 fully saturated rings. The molecule has 104 valence electrons. The van der Waals surface area contributed by atoms with Crippen LogP contribution in [0.15, 0.2) is 12.1 Å². The summed E-state index contributed by atoms with van der Waals surface area (Å²) >= 11 is 0. The number of anilines is 1. The molecule has 1 aromatic rings. The number of halogens is 2. The zero-order chi connectivity index (χ0) is 14.0. The van der Waals surface area contributed by atoms with Gasteiger partial charge in [0.25, 0.3) is 5.69 Å². The predicted molar refractivity (Wildman–Crippen MR) is 63.8 cm³/mol. The average molecular weight is 273 g/mol. The van der Waals surface area contributed by atoms with Gasteiger partial charge in [0.1, 0.15) is 5.69 Å². The normalized spacial score (nSPS) is 17.3. The van der Waals surface area contributed by atoms with Gasteiger partial charge < -0.3 is 4.90 Å². The molecule has 0 aliphatic carbocycles. The maximum absolute atomic E-state index is 13.8. The van der Waals surface area contributed by atoms with E-state index >= 15 is 0 Å². The van der Waals surface area contributed by atoms with Crippen molar-refractivity contribution in [1.82, 2.24) is 4.90 Å². The lowest BCUT2D eigenvalue weighted by Gasteiger charge is -2.22. The fourth-order valence-electron chi connectivity index (χ4n) is 1.82. The lowest BCUT2D eigenvalue weighted by atomic mass is 10.2. The van der Waals surface area contributed by atoms with Gasteiger partial charge in [-0.3, -0.25) is 15.0 Å². The number of nitro groups is 1. The summed E-state index contributed by atoms with van der Waals surface area (Å²) in [6.45, 7) is 1.80. The van der Waals surface area contributed by atoms with Crippen LogP contribution in [-0.2, 0) is 4.84 Å². The summed E-state index contributed by atoms with van der Waals surface area (Å²) in [5.74, 6) is -2.01. The van der Waals surface area contributed by atoms with Gasteiger partial charge in [0.2, 0.25) is 0 Å². The number of nitrogens with zero attached hydrogens (tertiary/aromatic N) is 3. The molecule has 0 spiro atoms. The van der Waals surface area contributed by atoms with Gasteiger partial charge in [0.15, 0.2) is 11.6 Å². The lowest BCUT2D eigenvalue weighted by molar-refractivity contribution is -0.385. The molecule has 2 rings (SSSR count). The molecule has 0 amide bonds. The zero-order valence-corrected chi connectivity index (χ0v) is 10.3. The maximum Gasteiger partial charge on any atom is 0.275 e. The third-order valence-corrected chi connectivity index (χ3v) is 2.87. The molecule has 0 radical (unpaired) electrons. The van der Waals surface area contributed by atoms with Crippen molar-refractivity contribution < 1.29 is 18.5 Å². The fraction of sp³-hybridized carbons (Fsp3) is 0.455. The summed E-state index contributed by atoms with van der Waals surface area (Å²) in [7, 11) is 1.87. The molecule has 1 aliphatic heterocycles. The van der Waals surface area contributed by atoms with Crippen molar-refractivity contribution >= 4 is 11.4 Å². The summed E-state index contributed by atoms with van der Waals surface area (Å²) in [4.78, 5) is 16.9. The summed E-state index contributed by atoms with van der Waals surface area (Å²) in [6.07, 6.45) is 0. The first kappa shape index (κ1) is 13.6. The van der Waals surface area contributed by atoms with Crippen LogP contribution in [0.5, 0.6) is 0 Å². The van der Waals surface area contributed by atoms with E-state index in [2.05, 4.69) is 0 Å². The van der Waals surface area contributed by atoms with E-state index in [9.17, 15) is 18.9 Å². The first-order valence-electron chi connectivity index (χ1n) is 5.71. The van der Waals surface area contributed by atoms with Crippen molar-refractivity contribution in [1.29, 1.82) is 0 Å². The molecule has 6 nitrogen and oxygen atoms in total. The maximum atomic E-state index is 13.8. The fourth-order valence-corrected chi connectivity index (χ4v) is 1.82. The van der Waals surface area contributed by atoms with E-state index in [-0.39, 0.29) is 12.2 Å². The molecule has 0 unspecified atom stereocenters. The van der Waals surface area contributed by atoms with E-state index in [1.807, 2.05) is 11.9 Å². The summed E-state index contributed by atoms with van der Waals surface area (Å²) in [6, 6.07) is 1.38. The minimum absolute atomic E-state index is 0.280. The first-order valence-corrected chi connectivity index (χ1v) is 5.71. The SMILES string of the molecule is CN1CCON(c2c(F)cc([N+](=O)[O-])cc2F)CC1. The Hall–Kier alpha value is -1.80. The Balaban J connectivity index is 2.31. The van der Waals surface area contributed by atoms with Crippen molar-refractivity contribution in [3.05, 3.63) is 33.9 Å². The van der Waals surface area contributed by atoms with Crippen molar-refractivity contribution in [3.63, 3.8) is 0 Å². The van der Waals surface area contributed by atoms with Crippen LogP contribution in [0.4, 0.5) is 20.2 Å². The smallest absolute Gasteiger partial charge is 0.275 e. The van der Waals surface area contributed by atoms with Crippen LogP contribution in [0.3, 0.4) is 0 Å². The zero-order valence-electron chi connectivity index (χ0n) is 10.3. The van der Waals surface area contributed by atoms with E-state index in [1.165, 1.54) is 0 Å². The summed E-state index contributed by atoms with van der Waals surface area (Å²) < 4.78 is 27.6. The standard InChI is InChI=1S/C11H13F2N3O3/c1-14-2-3-15(19-5-4-14)11-9(12)6-8(16(17)18)7-10(11)13/h6-7H,2-5H2,1H3. The van der Waals surface area contributed by atoms with Crippen LogP contribution < -0.4 is 5.06 Å². The molecule has 1 aliphatic rings. The van der Waals surface area contributed by atoms with Crippen molar-refractivity contribution in [3.8, 4) is 0 Å². The quantitative estimate of drug-likeness (QED) is 0.604. The second-order valence-corrected chi connectivity index (χ2v) is 4.25. The number of hydrogen-bond donors (Lipinski definition) is 0. The van der Waals surface area contributed by atoms with Gasteiger partial charge in [0, 0.05) is 13.1 Å². The Morgan fingerprint density at radius 3 is 2.47 bits per heavy atom. The first-order chi connectivity index (χ1) is 8.99. The van der Waals surface area contributed by atoms with Gasteiger partial charge in [-0.2, -0.15) is 0 Å². The van der Waals surface area contributed by atoms with Crippen molar-refractivity contribution in [2.24, 2.45) is 0 Å². The number of rotatable bonds is 2. The molecule has 0 N–H and O–H groups in total. The largest absolute Gasteiger partial charge is 0.302 e. The van der Waals surface area contributed by atoms with Gasteiger partial charge >= 0.3 is 0 Å². The van der Waals surface area contributed by atoms with Crippen molar-refractivity contribution in [2.45, 2.75) is 0 Å². The number of nitro benzene ring substituents is 1. The van der Waals surface area contributed by atoms with E-state index in [0.29, 0.717) is 31.8 Å². The minimum Gasteiger partial charge on any atom is -0.302 e. The number of hydrogen-bond acceptors (Lipinski definition) is 5. The van der Waals surface area contributed by atoms with Crippen LogP contribution in [0.2, 0.25) is 0 Å². The highest BCUT2D eigenvalue weighted by Gasteiger charge is 2.24. The highest BCUT2D eigenvalue weighted by atomic mass is 19.1. The summed E-state index contributed by atoms with van der Waals surface area (Å²) in [5, 5.41) is 11.6. The molecular formula is C11H13F2N3O3. The van der Waals surface area contributed by atoms with Crippen molar-refractivity contribution in [2.75, 3.05) is 38.4 Å². The highest BCUT2D eigenvalue weighted by molar-refractivity contribution is 5.52. The molecule has 1 saturated heterocycles. The predicted octanol–water partition coefficient (Wildman–Crippen LogP) is 1.56. The van der Waals surface area contributed by atoms with Crippen LogP contribution >= 0.6 is 0 Å². The minimum atomic E-state index is -1.00. The average Bonchev–Trinajstić information content (AvgIpc) is 2.53. The Labute approximate surface area is 108 Å². The summed E-state index contributed by atoms with van der Waals surface area (Å²) in [5.41, 5.74) is -1.01. The molecule has 1 aromatic carbocycles. The lowest BCUT2D eigenvalue weighted by Crippen LogP contribution is -2.29. The van der Waals surface area contributed by atoms with E-state index in [4.69, 9.17) is 4.84 Å². The second-order valence-electron chi connectivity index (χ2n) is 4.25. The molecule has 1 heterocycles. The van der Waals surface area contributed by atoms with Gasteiger partial charge in [-0.25, -0.2) is 13.8 Å². The van der Waals surface area contributed by atoms with Gasteiger partial charge in [-0.05, 0) is 7.05 Å². The van der Waals surface area contributed by atoms with Gasteiger partial charge in [-0.1, -0.05) is 0 Å². The Bertz CT molecular complexity index is 475. The van der Waals surface area contributed by atoms with Crippen LogP contribution in [0, 0.1) is 21.7 Å². The van der Waals surface area contributed by atoms with E-state index in [1.54, 1.807) is 0 Å². The molecule has 0 atom stereocenters. The Morgan fingerprint density at radius 1 is 1.26 bits per heavy atom. The highest BCUT2D eigenvalue weighted by Crippen LogP contribution is 2.28. The van der Waals surface area contributed by atoms with Gasteiger partial charge in [-0.15, -0.1) is 0 Å². The number of hydroxylamine groups is 1. The second kappa shape index (κ2) is 5.45. The van der Waals surface area contributed by atoms with E-state index < -0.39 is 22.2 Å². The number of benzene rings is 1. The Morgan fingerprint density at radius 2 is 1.89 bits per heavy atom. The van der Waals surface area contributed by atoms with E-state index in [0.717, 1.165) is 5.06 Å². The topological polar surface area (TPSA) is 58.8 Å². The van der Waals surface area contributed by atoms with Gasteiger partial charge in [0.05, 0.1) is 30.2 Å². The third kappa shape index (κ3) is 2.96. The number of likely N-dealkylation sites (N-methyl/N-ethyl adjacent to an activating group) is 1. The molecule has 0 saturated carbocycles. The molecule has 0 bridgehead atoms. The van der Waals surface area contributed by atoms with Crippen LogP contribution in [0.1, 0.15) is 0 Å². The third-order valence-electron chi connectivity index (χ3n) is 2.87. The molecule has 19 heavy (non-hydrogen) atoms. The monoisotopic (exact) mass is 273 g/mol. The van der Waals surface area contributed by atoms with Crippen LogP contribution in [0.25, 0.3) is 0 Å².